The van der Waals surface area contributed by atoms with Crippen molar-refractivity contribution >= 4 is 34.8 Å². The summed E-state index contributed by atoms with van der Waals surface area (Å²) in [4.78, 5) is 15.1. The zero-order chi connectivity index (χ0) is 8.32. The molecule has 1 rings (SSSR count). The number of aliphatic imine (C=N–C) groups is 1. The van der Waals surface area contributed by atoms with Crippen LogP contribution in [0.25, 0.3) is 0 Å². The van der Waals surface area contributed by atoms with Gasteiger partial charge in [-0.25, -0.2) is 0 Å². The van der Waals surface area contributed by atoms with E-state index in [1.54, 1.807) is 18.4 Å². The average Bonchev–Trinajstić information content (AvgIpc) is 2.04. The second kappa shape index (κ2) is 3.34. The quantitative estimate of drug-likeness (QED) is 0.402. The number of carbonyl (C=O) groups is 1. The first-order valence-corrected chi connectivity index (χ1v) is 4.22. The highest BCUT2D eigenvalue weighted by Crippen LogP contribution is 2.24. The first kappa shape index (κ1) is 8.70. The SMILES string of the molecule is COC(=O)C1(I)C=CC=NC1. The van der Waals surface area contributed by atoms with Crippen LogP contribution in [0.3, 0.4) is 0 Å². The third kappa shape index (κ3) is 1.79. The van der Waals surface area contributed by atoms with Gasteiger partial charge in [-0.2, -0.15) is 0 Å². The maximum absolute atomic E-state index is 11.1. The molecule has 1 heterocycles. The number of carbonyl (C=O) groups excluding carboxylic acids is 1. The lowest BCUT2D eigenvalue weighted by Gasteiger charge is -2.19. The van der Waals surface area contributed by atoms with E-state index in [1.165, 1.54) is 7.11 Å². The summed E-state index contributed by atoms with van der Waals surface area (Å²) < 4.78 is 4.04. The van der Waals surface area contributed by atoms with Crippen LogP contribution in [0.1, 0.15) is 0 Å². The Kier molecular flexibility index (Phi) is 2.64. The largest absolute Gasteiger partial charge is 0.468 e. The highest BCUT2D eigenvalue weighted by molar-refractivity contribution is 14.1. The summed E-state index contributed by atoms with van der Waals surface area (Å²) in [6.45, 7) is 0.469. The van der Waals surface area contributed by atoms with Gasteiger partial charge in [0.25, 0.3) is 0 Å². The summed E-state index contributed by atoms with van der Waals surface area (Å²) in [5.74, 6) is -0.244. The van der Waals surface area contributed by atoms with Crippen LogP contribution < -0.4 is 0 Å². The molecular weight excluding hydrogens is 257 g/mol. The van der Waals surface area contributed by atoms with Crippen LogP contribution in [0, 0.1) is 0 Å². The molecule has 0 N–H and O–H groups in total. The Hall–Kier alpha value is -0.390. The van der Waals surface area contributed by atoms with Gasteiger partial charge in [-0.05, 0) is 6.08 Å². The van der Waals surface area contributed by atoms with Crippen molar-refractivity contribution in [2.24, 2.45) is 4.99 Å². The monoisotopic (exact) mass is 265 g/mol. The van der Waals surface area contributed by atoms with Gasteiger partial charge in [-0.15, -0.1) is 0 Å². The lowest BCUT2D eigenvalue weighted by atomic mass is 10.1. The van der Waals surface area contributed by atoms with Crippen LogP contribution in [-0.4, -0.2) is 29.3 Å². The second-order valence-electron chi connectivity index (χ2n) is 2.20. The van der Waals surface area contributed by atoms with Crippen LogP contribution in [0.4, 0.5) is 0 Å². The van der Waals surface area contributed by atoms with Gasteiger partial charge in [-0.3, -0.25) is 9.79 Å². The number of halogens is 1. The van der Waals surface area contributed by atoms with Gasteiger partial charge >= 0.3 is 5.97 Å². The molecule has 4 heteroatoms. The molecule has 0 aromatic heterocycles. The molecule has 60 valence electrons. The Balaban J connectivity index is 2.75. The van der Waals surface area contributed by atoms with Crippen molar-refractivity contribution < 1.29 is 9.53 Å². The lowest BCUT2D eigenvalue weighted by molar-refractivity contribution is -0.141. The van der Waals surface area contributed by atoms with E-state index in [0.29, 0.717) is 6.54 Å². The molecule has 0 amide bonds. The number of ether oxygens (including phenoxy) is 1. The summed E-state index contributed by atoms with van der Waals surface area (Å²) in [6, 6.07) is 0. The van der Waals surface area contributed by atoms with Gasteiger partial charge in [-0.1, -0.05) is 28.7 Å². The number of allylic oxidation sites excluding steroid dienone is 1. The normalized spacial score (nSPS) is 28.5. The molecule has 3 nitrogen and oxygen atoms in total. The van der Waals surface area contributed by atoms with Crippen molar-refractivity contribution in [2.75, 3.05) is 13.7 Å². The van der Waals surface area contributed by atoms with Crippen LogP contribution >= 0.6 is 22.6 Å². The molecule has 0 aromatic rings. The molecule has 0 fully saturated rings. The summed E-state index contributed by atoms with van der Waals surface area (Å²) in [6.07, 6.45) is 5.24. The fourth-order valence-corrected chi connectivity index (χ4v) is 1.42. The van der Waals surface area contributed by atoms with Gasteiger partial charge in [0.1, 0.15) is 0 Å². The lowest BCUT2D eigenvalue weighted by Crippen LogP contribution is -2.35. The molecule has 1 aliphatic rings. The minimum absolute atomic E-state index is 0.244. The summed E-state index contributed by atoms with van der Waals surface area (Å²) in [7, 11) is 1.38. The molecule has 1 unspecified atom stereocenters. The third-order valence-electron chi connectivity index (χ3n) is 1.40. The van der Waals surface area contributed by atoms with Gasteiger partial charge in [0.2, 0.25) is 0 Å². The van der Waals surface area contributed by atoms with E-state index in [4.69, 9.17) is 0 Å². The molecule has 0 spiro atoms. The zero-order valence-electron chi connectivity index (χ0n) is 6.08. The Labute approximate surface area is 78.7 Å². The Bertz CT molecular complexity index is 224. The minimum Gasteiger partial charge on any atom is -0.468 e. The van der Waals surface area contributed by atoms with E-state index in [1.807, 2.05) is 22.6 Å². The average molecular weight is 265 g/mol. The number of alkyl halides is 1. The van der Waals surface area contributed by atoms with Crippen molar-refractivity contribution in [3.05, 3.63) is 12.2 Å². The standard InChI is InChI=1S/C7H8INO2/c1-11-6(10)7(8)3-2-4-9-5-7/h2-4H,5H2,1H3. The van der Waals surface area contributed by atoms with Crippen molar-refractivity contribution in [3.8, 4) is 0 Å². The maximum atomic E-state index is 11.1. The van der Waals surface area contributed by atoms with E-state index in [9.17, 15) is 4.79 Å². The Morgan fingerprint density at radius 3 is 3.00 bits per heavy atom. The fourth-order valence-electron chi connectivity index (χ4n) is 0.797. The first-order chi connectivity index (χ1) is 5.19. The molecule has 1 atom stereocenters. The fraction of sp³-hybridized carbons (Fsp3) is 0.429. The molecule has 0 radical (unpaired) electrons. The van der Waals surface area contributed by atoms with Gasteiger partial charge < -0.3 is 4.74 Å². The topological polar surface area (TPSA) is 38.7 Å². The minimum atomic E-state index is -0.582. The summed E-state index contributed by atoms with van der Waals surface area (Å²) in [5.41, 5.74) is 0. The van der Waals surface area contributed by atoms with Crippen molar-refractivity contribution in [3.63, 3.8) is 0 Å². The first-order valence-electron chi connectivity index (χ1n) is 3.14. The van der Waals surface area contributed by atoms with E-state index in [-0.39, 0.29) is 5.97 Å². The molecule has 0 saturated heterocycles. The van der Waals surface area contributed by atoms with Crippen LogP contribution in [-0.2, 0) is 9.53 Å². The molecule has 0 bridgehead atoms. The second-order valence-corrected chi connectivity index (χ2v) is 4.13. The number of dihydropyridines is 1. The Morgan fingerprint density at radius 1 is 1.82 bits per heavy atom. The van der Waals surface area contributed by atoms with Gasteiger partial charge in [0.05, 0.1) is 13.7 Å². The molecule has 1 aliphatic heterocycles. The predicted octanol–water partition coefficient (Wildman–Crippen LogP) is 0.974. The highest BCUT2D eigenvalue weighted by Gasteiger charge is 2.34. The van der Waals surface area contributed by atoms with E-state index < -0.39 is 3.42 Å². The predicted molar refractivity (Wildman–Crippen MR) is 51.3 cm³/mol. The van der Waals surface area contributed by atoms with Crippen LogP contribution in [0.5, 0.6) is 0 Å². The molecule has 0 aromatic carbocycles. The smallest absolute Gasteiger partial charge is 0.327 e. The summed E-state index contributed by atoms with van der Waals surface area (Å²) in [5, 5.41) is 0. The zero-order valence-corrected chi connectivity index (χ0v) is 8.24. The molecule has 11 heavy (non-hydrogen) atoms. The van der Waals surface area contributed by atoms with Gasteiger partial charge in [0.15, 0.2) is 3.42 Å². The number of esters is 1. The summed E-state index contributed by atoms with van der Waals surface area (Å²) >= 11 is 2.04. The Morgan fingerprint density at radius 2 is 2.55 bits per heavy atom. The number of nitrogens with zero attached hydrogens (tertiary/aromatic N) is 1. The highest BCUT2D eigenvalue weighted by atomic mass is 127. The van der Waals surface area contributed by atoms with Crippen molar-refractivity contribution in [2.45, 2.75) is 3.42 Å². The number of hydrogen-bond donors (Lipinski definition) is 0. The van der Waals surface area contributed by atoms with E-state index in [0.717, 1.165) is 0 Å². The van der Waals surface area contributed by atoms with Crippen LogP contribution in [0.15, 0.2) is 17.1 Å². The molecular formula is C7H8INO2. The van der Waals surface area contributed by atoms with Crippen LogP contribution in [0.2, 0.25) is 0 Å². The number of hydrogen-bond acceptors (Lipinski definition) is 3. The van der Waals surface area contributed by atoms with Crippen molar-refractivity contribution in [1.29, 1.82) is 0 Å². The van der Waals surface area contributed by atoms with Crippen molar-refractivity contribution in [1.82, 2.24) is 0 Å². The molecule has 0 aliphatic carbocycles. The molecule has 0 saturated carbocycles. The van der Waals surface area contributed by atoms with E-state index >= 15 is 0 Å². The maximum Gasteiger partial charge on any atom is 0.327 e. The van der Waals surface area contributed by atoms with E-state index in [2.05, 4.69) is 9.73 Å². The van der Waals surface area contributed by atoms with Gasteiger partial charge in [0, 0.05) is 6.21 Å². The number of rotatable bonds is 1. The third-order valence-corrected chi connectivity index (χ3v) is 2.54. The number of methoxy groups -OCH3 is 1.